The summed E-state index contributed by atoms with van der Waals surface area (Å²) in [4.78, 5) is 2.67. The van der Waals surface area contributed by atoms with Crippen molar-refractivity contribution in [3.63, 3.8) is 0 Å². The second kappa shape index (κ2) is 8.26. The van der Waals surface area contributed by atoms with Crippen molar-refractivity contribution in [1.82, 2.24) is 10.2 Å². The van der Waals surface area contributed by atoms with Gasteiger partial charge in [-0.05, 0) is 37.1 Å². The van der Waals surface area contributed by atoms with Gasteiger partial charge in [-0.1, -0.05) is 47.5 Å². The van der Waals surface area contributed by atoms with E-state index in [9.17, 15) is 0 Å². The third-order valence-electron chi connectivity index (χ3n) is 4.57. The molecule has 0 heterocycles. The molecule has 1 saturated carbocycles. The average Bonchev–Trinajstić information content (AvgIpc) is 3.20. The average molecular weight is 268 g/mol. The second-order valence-corrected chi connectivity index (χ2v) is 7.06. The fourth-order valence-electron chi connectivity index (χ4n) is 2.92. The molecule has 1 fully saturated rings. The number of hydrogen-bond donors (Lipinski definition) is 1. The molecule has 114 valence electrons. The Morgan fingerprint density at radius 1 is 1.26 bits per heavy atom. The lowest BCUT2D eigenvalue weighted by Crippen LogP contribution is -2.44. The van der Waals surface area contributed by atoms with E-state index in [-0.39, 0.29) is 0 Å². The minimum Gasteiger partial charge on any atom is -0.313 e. The highest BCUT2D eigenvalue weighted by Crippen LogP contribution is 2.27. The predicted octanol–water partition coefficient (Wildman–Crippen LogP) is 3.91. The van der Waals surface area contributed by atoms with Crippen molar-refractivity contribution in [2.24, 2.45) is 11.3 Å². The van der Waals surface area contributed by atoms with Crippen LogP contribution in [0.5, 0.6) is 0 Å². The van der Waals surface area contributed by atoms with Crippen LogP contribution in [0.2, 0.25) is 0 Å². The SMILES string of the molecule is CCCC(C)(CNC1CC1)CN(CC)CC(C)CC. The van der Waals surface area contributed by atoms with Gasteiger partial charge >= 0.3 is 0 Å². The number of nitrogens with one attached hydrogen (secondary N) is 1. The Kier molecular flexibility index (Phi) is 7.38. The van der Waals surface area contributed by atoms with Gasteiger partial charge in [-0.3, -0.25) is 0 Å². The van der Waals surface area contributed by atoms with Crippen LogP contribution in [-0.4, -0.2) is 37.1 Å². The van der Waals surface area contributed by atoms with Gasteiger partial charge in [0.25, 0.3) is 0 Å². The van der Waals surface area contributed by atoms with Crippen LogP contribution in [0.1, 0.15) is 66.7 Å². The van der Waals surface area contributed by atoms with E-state index in [4.69, 9.17) is 0 Å². The second-order valence-electron chi connectivity index (χ2n) is 7.06. The zero-order chi connectivity index (χ0) is 14.3. The third-order valence-corrected chi connectivity index (χ3v) is 4.57. The summed E-state index contributed by atoms with van der Waals surface area (Å²) in [5.41, 5.74) is 0.445. The van der Waals surface area contributed by atoms with Crippen molar-refractivity contribution in [1.29, 1.82) is 0 Å². The highest BCUT2D eigenvalue weighted by Gasteiger charge is 2.29. The normalized spacial score (nSPS) is 20.5. The number of rotatable bonds is 11. The van der Waals surface area contributed by atoms with Gasteiger partial charge in [0.05, 0.1) is 0 Å². The highest BCUT2D eigenvalue weighted by atomic mass is 15.1. The lowest BCUT2D eigenvalue weighted by Gasteiger charge is -2.36. The van der Waals surface area contributed by atoms with Gasteiger partial charge in [-0.15, -0.1) is 0 Å². The van der Waals surface area contributed by atoms with Gasteiger partial charge in [-0.2, -0.15) is 0 Å². The summed E-state index contributed by atoms with van der Waals surface area (Å²) in [7, 11) is 0. The van der Waals surface area contributed by atoms with Gasteiger partial charge in [0.15, 0.2) is 0 Å². The monoisotopic (exact) mass is 268 g/mol. The fourth-order valence-corrected chi connectivity index (χ4v) is 2.92. The molecule has 0 aromatic heterocycles. The minimum atomic E-state index is 0.445. The summed E-state index contributed by atoms with van der Waals surface area (Å²) in [5.74, 6) is 0.821. The molecule has 2 unspecified atom stereocenters. The van der Waals surface area contributed by atoms with Crippen LogP contribution in [0, 0.1) is 11.3 Å². The first-order chi connectivity index (χ1) is 9.03. The quantitative estimate of drug-likeness (QED) is 0.611. The van der Waals surface area contributed by atoms with Crippen molar-refractivity contribution < 1.29 is 0 Å². The van der Waals surface area contributed by atoms with E-state index in [2.05, 4.69) is 44.8 Å². The molecule has 0 aromatic carbocycles. The molecule has 1 N–H and O–H groups in total. The first kappa shape index (κ1) is 17.0. The standard InChI is InChI=1S/C17H36N2/c1-6-11-17(5,13-18-16-9-10-16)14-19(8-3)12-15(4)7-2/h15-16,18H,6-14H2,1-5H3. The van der Waals surface area contributed by atoms with Gasteiger partial charge in [0.1, 0.15) is 0 Å². The topological polar surface area (TPSA) is 15.3 Å². The maximum absolute atomic E-state index is 3.75. The Morgan fingerprint density at radius 3 is 2.42 bits per heavy atom. The molecule has 2 heteroatoms. The number of hydrogen-bond acceptors (Lipinski definition) is 2. The minimum absolute atomic E-state index is 0.445. The predicted molar refractivity (Wildman–Crippen MR) is 85.6 cm³/mol. The molecule has 1 aliphatic carbocycles. The van der Waals surface area contributed by atoms with Gasteiger partial charge in [-0.25, -0.2) is 0 Å². The lowest BCUT2D eigenvalue weighted by atomic mass is 9.84. The van der Waals surface area contributed by atoms with Crippen molar-refractivity contribution in [3.8, 4) is 0 Å². The van der Waals surface area contributed by atoms with Gasteiger partial charge in [0.2, 0.25) is 0 Å². The third kappa shape index (κ3) is 6.76. The molecular weight excluding hydrogens is 232 g/mol. The molecule has 0 saturated heterocycles. The molecule has 0 bridgehead atoms. The van der Waals surface area contributed by atoms with E-state index in [0.717, 1.165) is 12.0 Å². The first-order valence-electron chi connectivity index (χ1n) is 8.48. The van der Waals surface area contributed by atoms with Crippen LogP contribution < -0.4 is 5.32 Å². The zero-order valence-corrected chi connectivity index (χ0v) is 14.0. The van der Waals surface area contributed by atoms with Gasteiger partial charge < -0.3 is 10.2 Å². The maximum Gasteiger partial charge on any atom is 0.00684 e. The molecule has 0 amide bonds. The lowest BCUT2D eigenvalue weighted by molar-refractivity contribution is 0.139. The van der Waals surface area contributed by atoms with Crippen LogP contribution in [0.25, 0.3) is 0 Å². The summed E-state index contributed by atoms with van der Waals surface area (Å²) in [6, 6.07) is 0.834. The Labute approximate surface area is 121 Å². The van der Waals surface area contributed by atoms with Crippen LogP contribution >= 0.6 is 0 Å². The maximum atomic E-state index is 3.75. The molecule has 0 spiro atoms. The number of nitrogens with zero attached hydrogens (tertiary/aromatic N) is 1. The van der Waals surface area contributed by atoms with E-state index >= 15 is 0 Å². The molecule has 19 heavy (non-hydrogen) atoms. The van der Waals surface area contributed by atoms with E-state index in [1.807, 2.05) is 0 Å². The van der Waals surface area contributed by atoms with Crippen LogP contribution in [-0.2, 0) is 0 Å². The molecule has 2 atom stereocenters. The summed E-state index contributed by atoms with van der Waals surface area (Å²) in [6.45, 7) is 16.7. The van der Waals surface area contributed by atoms with Gasteiger partial charge in [0, 0.05) is 25.7 Å². The Hall–Kier alpha value is -0.0800. The molecule has 2 nitrogen and oxygen atoms in total. The molecule has 1 rings (SSSR count). The van der Waals surface area contributed by atoms with Crippen molar-refractivity contribution >= 4 is 0 Å². The zero-order valence-electron chi connectivity index (χ0n) is 14.0. The van der Waals surface area contributed by atoms with E-state index in [0.29, 0.717) is 5.41 Å². The Morgan fingerprint density at radius 2 is 1.95 bits per heavy atom. The Balaban J connectivity index is 2.46. The van der Waals surface area contributed by atoms with Crippen molar-refractivity contribution in [2.75, 3.05) is 26.2 Å². The first-order valence-corrected chi connectivity index (χ1v) is 8.48. The largest absolute Gasteiger partial charge is 0.313 e. The van der Waals surface area contributed by atoms with Crippen LogP contribution in [0.3, 0.4) is 0 Å². The van der Waals surface area contributed by atoms with Crippen molar-refractivity contribution in [2.45, 2.75) is 72.8 Å². The molecule has 0 radical (unpaired) electrons. The molecule has 0 aliphatic heterocycles. The Bertz CT molecular complexity index is 237. The summed E-state index contributed by atoms with van der Waals surface area (Å²) >= 11 is 0. The molecular formula is C17H36N2. The smallest absolute Gasteiger partial charge is 0.00684 e. The highest BCUT2D eigenvalue weighted by molar-refractivity contribution is 4.87. The van der Waals surface area contributed by atoms with E-state index < -0.39 is 0 Å². The van der Waals surface area contributed by atoms with E-state index in [1.54, 1.807) is 0 Å². The summed E-state index contributed by atoms with van der Waals surface area (Å²) in [6.07, 6.45) is 6.72. The molecule has 1 aliphatic rings. The van der Waals surface area contributed by atoms with Crippen LogP contribution in [0.15, 0.2) is 0 Å². The van der Waals surface area contributed by atoms with Crippen LogP contribution in [0.4, 0.5) is 0 Å². The fraction of sp³-hybridized carbons (Fsp3) is 1.00. The molecule has 0 aromatic rings. The van der Waals surface area contributed by atoms with E-state index in [1.165, 1.54) is 58.3 Å². The summed E-state index contributed by atoms with van der Waals surface area (Å²) in [5, 5.41) is 3.75. The van der Waals surface area contributed by atoms with Crippen molar-refractivity contribution in [3.05, 3.63) is 0 Å². The summed E-state index contributed by atoms with van der Waals surface area (Å²) < 4.78 is 0.